The van der Waals surface area contributed by atoms with Crippen LogP contribution >= 0.6 is 0 Å². The van der Waals surface area contributed by atoms with Gasteiger partial charge in [-0.15, -0.1) is 0 Å². The largest absolute Gasteiger partial charge is 0.492 e. The highest BCUT2D eigenvalue weighted by Crippen LogP contribution is 2.40. The SMILES string of the molecule is CC1(C)COc2ccc(OS(=O)(=O)Cc3ccccc3)cc21. The summed E-state index contributed by atoms with van der Waals surface area (Å²) in [5, 5.41) is 0. The van der Waals surface area contributed by atoms with E-state index in [0.717, 1.165) is 11.3 Å². The van der Waals surface area contributed by atoms with Gasteiger partial charge in [0.2, 0.25) is 0 Å². The molecule has 0 atom stereocenters. The van der Waals surface area contributed by atoms with Gasteiger partial charge in [-0.05, 0) is 23.8 Å². The molecule has 0 saturated carbocycles. The lowest BCUT2D eigenvalue weighted by Gasteiger charge is -2.16. The molecule has 0 radical (unpaired) electrons. The summed E-state index contributed by atoms with van der Waals surface area (Å²) in [5.74, 6) is 0.969. The molecule has 0 fully saturated rings. The molecule has 0 bridgehead atoms. The minimum Gasteiger partial charge on any atom is -0.492 e. The third-order valence-corrected chi connectivity index (χ3v) is 4.81. The molecule has 116 valence electrons. The Kier molecular flexibility index (Phi) is 3.60. The van der Waals surface area contributed by atoms with Crippen molar-refractivity contribution in [1.82, 2.24) is 0 Å². The number of benzene rings is 2. The second kappa shape index (κ2) is 5.32. The molecule has 22 heavy (non-hydrogen) atoms. The van der Waals surface area contributed by atoms with Gasteiger partial charge in [0.1, 0.15) is 17.3 Å². The van der Waals surface area contributed by atoms with E-state index in [1.807, 2.05) is 6.07 Å². The maximum Gasteiger partial charge on any atom is 0.313 e. The van der Waals surface area contributed by atoms with E-state index in [-0.39, 0.29) is 11.2 Å². The highest BCUT2D eigenvalue weighted by atomic mass is 32.2. The molecule has 0 amide bonds. The summed E-state index contributed by atoms with van der Waals surface area (Å²) >= 11 is 0. The van der Waals surface area contributed by atoms with Crippen LogP contribution in [-0.4, -0.2) is 15.0 Å². The van der Waals surface area contributed by atoms with E-state index in [9.17, 15) is 8.42 Å². The van der Waals surface area contributed by atoms with Gasteiger partial charge in [-0.25, -0.2) is 0 Å². The van der Waals surface area contributed by atoms with E-state index in [1.54, 1.807) is 42.5 Å². The Hall–Kier alpha value is -2.01. The molecular weight excluding hydrogens is 300 g/mol. The summed E-state index contributed by atoms with van der Waals surface area (Å²) in [6, 6.07) is 14.1. The first-order chi connectivity index (χ1) is 10.4. The molecule has 0 aromatic heterocycles. The van der Waals surface area contributed by atoms with Crippen molar-refractivity contribution in [2.24, 2.45) is 0 Å². The van der Waals surface area contributed by atoms with Crippen LogP contribution in [0, 0.1) is 0 Å². The highest BCUT2D eigenvalue weighted by molar-refractivity contribution is 7.86. The van der Waals surface area contributed by atoms with Crippen LogP contribution in [-0.2, 0) is 21.3 Å². The Morgan fingerprint density at radius 1 is 1.14 bits per heavy atom. The smallest absolute Gasteiger partial charge is 0.313 e. The lowest BCUT2D eigenvalue weighted by molar-refractivity contribution is 0.291. The molecule has 2 aromatic carbocycles. The fourth-order valence-corrected chi connectivity index (χ4v) is 3.56. The maximum absolute atomic E-state index is 12.2. The van der Waals surface area contributed by atoms with Gasteiger partial charge in [-0.1, -0.05) is 44.2 Å². The molecule has 5 heteroatoms. The van der Waals surface area contributed by atoms with Gasteiger partial charge in [0.15, 0.2) is 0 Å². The Balaban J connectivity index is 1.82. The van der Waals surface area contributed by atoms with Crippen LogP contribution in [0.15, 0.2) is 48.5 Å². The summed E-state index contributed by atoms with van der Waals surface area (Å²) in [6.45, 7) is 4.70. The fourth-order valence-electron chi connectivity index (χ4n) is 2.51. The second-order valence-electron chi connectivity index (χ2n) is 6.10. The van der Waals surface area contributed by atoms with E-state index in [4.69, 9.17) is 8.92 Å². The molecule has 1 heterocycles. The molecule has 1 aliphatic rings. The van der Waals surface area contributed by atoms with Crippen molar-refractivity contribution in [1.29, 1.82) is 0 Å². The zero-order chi connectivity index (χ0) is 15.8. The highest BCUT2D eigenvalue weighted by Gasteiger charge is 2.32. The van der Waals surface area contributed by atoms with Crippen LogP contribution in [0.3, 0.4) is 0 Å². The number of rotatable bonds is 4. The number of fused-ring (bicyclic) bond motifs is 1. The lowest BCUT2D eigenvalue weighted by Crippen LogP contribution is -2.18. The fraction of sp³-hybridized carbons (Fsp3) is 0.294. The first-order valence-corrected chi connectivity index (χ1v) is 8.67. The summed E-state index contributed by atoms with van der Waals surface area (Å²) in [5.41, 5.74) is 1.53. The monoisotopic (exact) mass is 318 g/mol. The van der Waals surface area contributed by atoms with E-state index in [2.05, 4.69) is 13.8 Å². The number of hydrogen-bond acceptors (Lipinski definition) is 4. The van der Waals surface area contributed by atoms with Crippen LogP contribution in [0.25, 0.3) is 0 Å². The molecule has 0 N–H and O–H groups in total. The third-order valence-electron chi connectivity index (χ3n) is 3.68. The van der Waals surface area contributed by atoms with Crippen molar-refractivity contribution >= 4 is 10.1 Å². The van der Waals surface area contributed by atoms with E-state index in [1.165, 1.54) is 0 Å². The Morgan fingerprint density at radius 2 is 1.86 bits per heavy atom. The van der Waals surface area contributed by atoms with Gasteiger partial charge in [0.25, 0.3) is 0 Å². The number of hydrogen-bond donors (Lipinski definition) is 0. The standard InChI is InChI=1S/C17H18O4S/c1-17(2)12-20-16-9-8-14(10-15(16)17)21-22(18,19)11-13-6-4-3-5-7-13/h3-10H,11-12H2,1-2H3. The molecule has 1 aliphatic heterocycles. The van der Waals surface area contributed by atoms with Gasteiger partial charge in [0.05, 0.1) is 6.61 Å². The van der Waals surface area contributed by atoms with Crippen molar-refractivity contribution in [3.63, 3.8) is 0 Å². The van der Waals surface area contributed by atoms with Gasteiger partial charge < -0.3 is 8.92 Å². The van der Waals surface area contributed by atoms with E-state index in [0.29, 0.717) is 17.9 Å². The molecule has 0 saturated heterocycles. The van der Waals surface area contributed by atoms with Crippen LogP contribution < -0.4 is 8.92 Å². The Morgan fingerprint density at radius 3 is 2.59 bits per heavy atom. The Bertz CT molecular complexity index is 780. The predicted octanol–water partition coefficient (Wildman–Crippen LogP) is 3.27. The minimum atomic E-state index is -3.68. The normalized spacial score (nSPS) is 15.9. The summed E-state index contributed by atoms with van der Waals surface area (Å²) < 4.78 is 35.2. The third kappa shape index (κ3) is 3.09. The first-order valence-electron chi connectivity index (χ1n) is 7.09. The van der Waals surface area contributed by atoms with Gasteiger partial charge in [-0.3, -0.25) is 0 Å². The van der Waals surface area contributed by atoms with Crippen molar-refractivity contribution in [2.45, 2.75) is 25.0 Å². The predicted molar refractivity (Wildman–Crippen MR) is 84.7 cm³/mol. The van der Waals surface area contributed by atoms with Gasteiger partial charge in [-0.2, -0.15) is 8.42 Å². The molecule has 3 rings (SSSR count). The molecular formula is C17H18O4S. The average Bonchev–Trinajstić information content (AvgIpc) is 2.75. The van der Waals surface area contributed by atoms with Crippen LogP contribution in [0.2, 0.25) is 0 Å². The molecule has 0 aliphatic carbocycles. The quantitative estimate of drug-likeness (QED) is 0.812. The second-order valence-corrected chi connectivity index (χ2v) is 7.67. The van der Waals surface area contributed by atoms with E-state index >= 15 is 0 Å². The average molecular weight is 318 g/mol. The number of ether oxygens (including phenoxy) is 1. The summed E-state index contributed by atoms with van der Waals surface area (Å²) in [7, 11) is -3.68. The van der Waals surface area contributed by atoms with Crippen molar-refractivity contribution in [3.8, 4) is 11.5 Å². The van der Waals surface area contributed by atoms with Crippen molar-refractivity contribution < 1.29 is 17.3 Å². The summed E-state index contributed by atoms with van der Waals surface area (Å²) in [6.07, 6.45) is 0. The topological polar surface area (TPSA) is 52.6 Å². The maximum atomic E-state index is 12.2. The lowest BCUT2D eigenvalue weighted by atomic mass is 9.87. The molecule has 0 spiro atoms. The molecule has 0 unspecified atom stereocenters. The van der Waals surface area contributed by atoms with Crippen LogP contribution in [0.1, 0.15) is 25.0 Å². The first kappa shape index (κ1) is 14.9. The van der Waals surface area contributed by atoms with Crippen LogP contribution in [0.4, 0.5) is 0 Å². The van der Waals surface area contributed by atoms with Crippen LogP contribution in [0.5, 0.6) is 11.5 Å². The summed E-state index contributed by atoms with van der Waals surface area (Å²) in [4.78, 5) is 0. The molecule has 2 aromatic rings. The molecule has 4 nitrogen and oxygen atoms in total. The van der Waals surface area contributed by atoms with Crippen molar-refractivity contribution in [3.05, 3.63) is 59.7 Å². The zero-order valence-electron chi connectivity index (χ0n) is 12.6. The van der Waals surface area contributed by atoms with E-state index < -0.39 is 10.1 Å². The van der Waals surface area contributed by atoms with Gasteiger partial charge >= 0.3 is 10.1 Å². The minimum absolute atomic E-state index is 0.141. The van der Waals surface area contributed by atoms with Gasteiger partial charge in [0, 0.05) is 11.0 Å². The Labute approximate surface area is 130 Å². The van der Waals surface area contributed by atoms with Crippen molar-refractivity contribution in [2.75, 3.05) is 6.61 Å². The zero-order valence-corrected chi connectivity index (χ0v) is 13.4.